The standard InChI is InChI=1S/C18H26FN3O2.2ClH/c1-12(23)13-5-6-15(14(19)11-13)21-7-9-22(10-8-21)17(24)16(20)18(2,3)4;;/h5-6,11,16H,7-10,20H2,1-4H3;2*1H/t16-;;/m1../s1. The molecule has 2 rings (SSSR count). The Kier molecular flexibility index (Phi) is 9.03. The number of nitrogens with two attached hydrogens (primary N) is 1. The van der Waals surface area contributed by atoms with Crippen molar-refractivity contribution in [3.63, 3.8) is 0 Å². The van der Waals surface area contributed by atoms with E-state index in [4.69, 9.17) is 5.73 Å². The second kappa shape index (κ2) is 9.53. The van der Waals surface area contributed by atoms with E-state index in [1.165, 1.54) is 13.0 Å². The maximum Gasteiger partial charge on any atom is 0.240 e. The normalized spacial score (nSPS) is 15.6. The van der Waals surface area contributed by atoms with E-state index in [1.54, 1.807) is 17.0 Å². The molecule has 5 nitrogen and oxygen atoms in total. The summed E-state index contributed by atoms with van der Waals surface area (Å²) in [5, 5.41) is 0. The maximum absolute atomic E-state index is 14.2. The molecular formula is C18H28Cl2FN3O2. The number of anilines is 1. The zero-order chi connectivity index (χ0) is 18.1. The average Bonchev–Trinajstić information content (AvgIpc) is 2.52. The van der Waals surface area contributed by atoms with Gasteiger partial charge >= 0.3 is 0 Å². The lowest BCUT2D eigenvalue weighted by atomic mass is 9.86. The monoisotopic (exact) mass is 407 g/mol. The third-order valence-corrected chi connectivity index (χ3v) is 4.49. The van der Waals surface area contributed by atoms with Crippen LogP contribution < -0.4 is 10.6 Å². The highest BCUT2D eigenvalue weighted by Gasteiger charge is 2.32. The smallest absolute Gasteiger partial charge is 0.240 e. The van der Waals surface area contributed by atoms with Gasteiger partial charge in [0.15, 0.2) is 5.78 Å². The molecular weight excluding hydrogens is 380 g/mol. The fourth-order valence-electron chi connectivity index (χ4n) is 2.72. The first-order valence-corrected chi connectivity index (χ1v) is 8.21. The van der Waals surface area contributed by atoms with Crippen LogP contribution in [0.3, 0.4) is 0 Å². The van der Waals surface area contributed by atoms with Crippen LogP contribution in [-0.4, -0.2) is 48.8 Å². The summed E-state index contributed by atoms with van der Waals surface area (Å²) in [5.74, 6) is -0.629. The van der Waals surface area contributed by atoms with Crippen molar-refractivity contribution in [1.82, 2.24) is 4.90 Å². The number of benzene rings is 1. The Morgan fingerprint density at radius 1 is 1.12 bits per heavy atom. The van der Waals surface area contributed by atoms with E-state index in [0.717, 1.165) is 0 Å². The summed E-state index contributed by atoms with van der Waals surface area (Å²) >= 11 is 0. The SMILES string of the molecule is CC(=O)c1ccc(N2CCN(C(=O)[C@@H](N)C(C)(C)C)CC2)c(F)c1.Cl.Cl. The third-order valence-electron chi connectivity index (χ3n) is 4.49. The minimum absolute atomic E-state index is 0. The number of hydrogen-bond acceptors (Lipinski definition) is 4. The van der Waals surface area contributed by atoms with E-state index in [1.807, 2.05) is 25.7 Å². The van der Waals surface area contributed by atoms with Crippen molar-refractivity contribution in [3.8, 4) is 0 Å². The van der Waals surface area contributed by atoms with Gasteiger partial charge in [0.1, 0.15) is 5.82 Å². The highest BCUT2D eigenvalue weighted by Crippen LogP contribution is 2.24. The largest absolute Gasteiger partial charge is 0.366 e. The van der Waals surface area contributed by atoms with Gasteiger partial charge in [0.2, 0.25) is 5.91 Å². The minimum atomic E-state index is -0.546. The summed E-state index contributed by atoms with van der Waals surface area (Å²) in [5.41, 5.74) is 6.58. The van der Waals surface area contributed by atoms with E-state index in [-0.39, 0.29) is 41.9 Å². The van der Waals surface area contributed by atoms with Crippen LogP contribution in [0, 0.1) is 11.2 Å². The zero-order valence-electron chi connectivity index (χ0n) is 15.6. The Hall–Kier alpha value is -1.37. The molecule has 0 saturated carbocycles. The van der Waals surface area contributed by atoms with Crippen LogP contribution in [0.2, 0.25) is 0 Å². The Bertz CT molecular complexity index is 642. The van der Waals surface area contributed by atoms with E-state index < -0.39 is 11.9 Å². The molecule has 1 heterocycles. The molecule has 1 saturated heterocycles. The van der Waals surface area contributed by atoms with E-state index in [2.05, 4.69) is 0 Å². The molecule has 26 heavy (non-hydrogen) atoms. The molecule has 0 spiro atoms. The molecule has 0 aromatic heterocycles. The minimum Gasteiger partial charge on any atom is -0.366 e. The van der Waals surface area contributed by atoms with Gasteiger partial charge in [-0.1, -0.05) is 20.8 Å². The molecule has 148 valence electrons. The second-order valence-corrected chi connectivity index (χ2v) is 7.38. The first-order chi connectivity index (χ1) is 11.1. The van der Waals surface area contributed by atoms with Gasteiger partial charge in [0.25, 0.3) is 0 Å². The van der Waals surface area contributed by atoms with E-state index in [0.29, 0.717) is 37.4 Å². The van der Waals surface area contributed by atoms with Crippen molar-refractivity contribution >= 4 is 42.2 Å². The summed E-state index contributed by atoms with van der Waals surface area (Å²) in [6.45, 7) is 9.34. The highest BCUT2D eigenvalue weighted by atomic mass is 35.5. The third kappa shape index (κ3) is 5.56. The number of rotatable bonds is 3. The second-order valence-electron chi connectivity index (χ2n) is 7.38. The van der Waals surface area contributed by atoms with Gasteiger partial charge in [-0.15, -0.1) is 24.8 Å². The quantitative estimate of drug-likeness (QED) is 0.782. The summed E-state index contributed by atoms with van der Waals surface area (Å²) < 4.78 is 14.2. The van der Waals surface area contributed by atoms with Gasteiger partial charge in [0, 0.05) is 31.7 Å². The lowest BCUT2D eigenvalue weighted by Gasteiger charge is -2.39. The molecule has 1 aromatic carbocycles. The number of piperazine rings is 1. The van der Waals surface area contributed by atoms with Crippen LogP contribution in [0.4, 0.5) is 10.1 Å². The summed E-state index contributed by atoms with van der Waals surface area (Å²) in [4.78, 5) is 27.4. The number of ketones is 1. The molecule has 1 aromatic rings. The van der Waals surface area contributed by atoms with Crippen LogP contribution in [0.1, 0.15) is 38.1 Å². The Labute approximate surface area is 166 Å². The number of halogens is 3. The molecule has 2 N–H and O–H groups in total. The Balaban J connectivity index is 0.00000312. The molecule has 0 unspecified atom stereocenters. The van der Waals surface area contributed by atoms with Gasteiger partial charge in [0.05, 0.1) is 11.7 Å². The van der Waals surface area contributed by atoms with Crippen LogP contribution in [-0.2, 0) is 4.79 Å². The van der Waals surface area contributed by atoms with Crippen LogP contribution in [0.15, 0.2) is 18.2 Å². The molecule has 1 aliphatic rings. The van der Waals surface area contributed by atoms with Crippen molar-refractivity contribution in [3.05, 3.63) is 29.6 Å². The van der Waals surface area contributed by atoms with Gasteiger partial charge in [-0.2, -0.15) is 0 Å². The van der Waals surface area contributed by atoms with Crippen LogP contribution >= 0.6 is 24.8 Å². The van der Waals surface area contributed by atoms with Crippen molar-refractivity contribution < 1.29 is 14.0 Å². The summed E-state index contributed by atoms with van der Waals surface area (Å²) in [7, 11) is 0. The zero-order valence-corrected chi connectivity index (χ0v) is 17.3. The van der Waals surface area contributed by atoms with E-state index in [9.17, 15) is 14.0 Å². The predicted molar refractivity (Wildman–Crippen MR) is 107 cm³/mol. The number of carbonyl (C=O) groups is 2. The van der Waals surface area contributed by atoms with Gasteiger partial charge in [-0.25, -0.2) is 4.39 Å². The fraction of sp³-hybridized carbons (Fsp3) is 0.556. The maximum atomic E-state index is 14.2. The van der Waals surface area contributed by atoms with Crippen molar-refractivity contribution in [1.29, 1.82) is 0 Å². The van der Waals surface area contributed by atoms with Gasteiger partial charge in [-0.3, -0.25) is 9.59 Å². The topological polar surface area (TPSA) is 66.6 Å². The van der Waals surface area contributed by atoms with Crippen LogP contribution in [0.25, 0.3) is 0 Å². The molecule has 1 aliphatic heterocycles. The fourth-order valence-corrected chi connectivity index (χ4v) is 2.72. The van der Waals surface area contributed by atoms with Gasteiger partial charge in [-0.05, 0) is 30.5 Å². The summed E-state index contributed by atoms with van der Waals surface area (Å²) in [6, 6.07) is 3.98. The molecule has 1 fully saturated rings. The molecule has 8 heteroatoms. The first-order valence-electron chi connectivity index (χ1n) is 8.21. The molecule has 1 atom stereocenters. The lowest BCUT2D eigenvalue weighted by Crippen LogP contribution is -2.56. The molecule has 0 bridgehead atoms. The molecule has 0 aliphatic carbocycles. The Morgan fingerprint density at radius 3 is 2.08 bits per heavy atom. The predicted octanol–water partition coefficient (Wildman–Crippen LogP) is 2.89. The van der Waals surface area contributed by atoms with Crippen LogP contribution in [0.5, 0.6) is 0 Å². The van der Waals surface area contributed by atoms with Gasteiger partial charge < -0.3 is 15.5 Å². The highest BCUT2D eigenvalue weighted by molar-refractivity contribution is 5.94. The number of hydrogen-bond donors (Lipinski definition) is 1. The number of Topliss-reactive ketones (excluding diaryl/α,β-unsaturated/α-hetero) is 1. The average molecular weight is 408 g/mol. The van der Waals surface area contributed by atoms with E-state index >= 15 is 0 Å². The van der Waals surface area contributed by atoms with Crippen molar-refractivity contribution in [2.45, 2.75) is 33.7 Å². The Morgan fingerprint density at radius 2 is 1.65 bits per heavy atom. The number of nitrogens with zero attached hydrogens (tertiary/aromatic N) is 2. The first kappa shape index (κ1) is 24.6. The summed E-state index contributed by atoms with van der Waals surface area (Å²) in [6.07, 6.45) is 0. The number of amides is 1. The molecule has 0 radical (unpaired) electrons. The van der Waals surface area contributed by atoms with Crippen molar-refractivity contribution in [2.75, 3.05) is 31.1 Å². The number of carbonyl (C=O) groups excluding carboxylic acids is 2. The lowest BCUT2D eigenvalue weighted by molar-refractivity contribution is -0.135. The van der Waals surface area contributed by atoms with Crippen molar-refractivity contribution in [2.24, 2.45) is 11.1 Å². The molecule has 1 amide bonds.